The molecule has 0 aliphatic carbocycles. The van der Waals surface area contributed by atoms with Crippen LogP contribution >= 0.6 is 0 Å². The SMILES string of the molecule is CCOC(=O)C1CC(C(C)(C)C)=NO1. The second-order valence-corrected chi connectivity index (χ2v) is 4.34. The minimum atomic E-state index is -0.538. The number of carbonyl (C=O) groups excluding carboxylic acids is 1. The number of carbonyl (C=O) groups is 1. The van der Waals surface area contributed by atoms with Crippen LogP contribution in [0.5, 0.6) is 0 Å². The predicted octanol–water partition coefficient (Wildman–Crippen LogP) is 1.74. The van der Waals surface area contributed by atoms with Crippen LogP contribution in [0.4, 0.5) is 0 Å². The quantitative estimate of drug-likeness (QED) is 0.636. The fraction of sp³-hybridized carbons (Fsp3) is 0.800. The van der Waals surface area contributed by atoms with Crippen LogP contribution in [0.1, 0.15) is 34.1 Å². The molecule has 0 saturated heterocycles. The fourth-order valence-corrected chi connectivity index (χ4v) is 1.18. The van der Waals surface area contributed by atoms with Gasteiger partial charge in [-0.05, 0) is 6.92 Å². The maximum atomic E-state index is 11.3. The lowest BCUT2D eigenvalue weighted by Crippen LogP contribution is -2.26. The van der Waals surface area contributed by atoms with Crippen molar-refractivity contribution < 1.29 is 14.4 Å². The Morgan fingerprint density at radius 1 is 1.64 bits per heavy atom. The monoisotopic (exact) mass is 199 g/mol. The van der Waals surface area contributed by atoms with E-state index in [4.69, 9.17) is 9.57 Å². The summed E-state index contributed by atoms with van der Waals surface area (Å²) in [7, 11) is 0. The number of esters is 1. The van der Waals surface area contributed by atoms with Crippen molar-refractivity contribution in [1.29, 1.82) is 0 Å². The Hall–Kier alpha value is -1.06. The lowest BCUT2D eigenvalue weighted by molar-refractivity contribution is -0.154. The maximum Gasteiger partial charge on any atom is 0.350 e. The Kier molecular flexibility index (Phi) is 3.13. The molecular weight excluding hydrogens is 182 g/mol. The van der Waals surface area contributed by atoms with Gasteiger partial charge in [0.25, 0.3) is 0 Å². The first-order valence-electron chi connectivity index (χ1n) is 4.85. The molecule has 0 aromatic rings. The largest absolute Gasteiger partial charge is 0.463 e. The summed E-state index contributed by atoms with van der Waals surface area (Å²) < 4.78 is 4.85. The topological polar surface area (TPSA) is 47.9 Å². The number of ether oxygens (including phenoxy) is 1. The zero-order valence-corrected chi connectivity index (χ0v) is 9.16. The summed E-state index contributed by atoms with van der Waals surface area (Å²) in [5.74, 6) is -0.324. The Morgan fingerprint density at radius 3 is 2.71 bits per heavy atom. The first kappa shape index (κ1) is 11.0. The van der Waals surface area contributed by atoms with E-state index in [1.54, 1.807) is 6.92 Å². The summed E-state index contributed by atoms with van der Waals surface area (Å²) in [5, 5.41) is 3.91. The highest BCUT2D eigenvalue weighted by molar-refractivity contribution is 5.94. The molecule has 14 heavy (non-hydrogen) atoms. The predicted molar refractivity (Wildman–Crippen MR) is 53.0 cm³/mol. The number of hydrogen-bond acceptors (Lipinski definition) is 4. The van der Waals surface area contributed by atoms with Crippen LogP contribution in [0.15, 0.2) is 5.16 Å². The van der Waals surface area contributed by atoms with E-state index in [2.05, 4.69) is 5.16 Å². The van der Waals surface area contributed by atoms with Gasteiger partial charge in [-0.25, -0.2) is 4.79 Å². The molecule has 0 fully saturated rings. The van der Waals surface area contributed by atoms with Gasteiger partial charge >= 0.3 is 5.97 Å². The minimum Gasteiger partial charge on any atom is -0.463 e. The van der Waals surface area contributed by atoms with Gasteiger partial charge in [0.1, 0.15) is 0 Å². The van der Waals surface area contributed by atoms with Gasteiger partial charge in [0.05, 0.1) is 12.3 Å². The Morgan fingerprint density at radius 2 is 2.29 bits per heavy atom. The van der Waals surface area contributed by atoms with Gasteiger partial charge in [-0.2, -0.15) is 0 Å². The van der Waals surface area contributed by atoms with Crippen LogP contribution in [0, 0.1) is 5.41 Å². The standard InChI is InChI=1S/C10H17NO3/c1-5-13-9(12)7-6-8(11-14-7)10(2,3)4/h7H,5-6H2,1-4H3. The third kappa shape index (κ3) is 2.47. The molecular formula is C10H17NO3. The third-order valence-electron chi connectivity index (χ3n) is 2.08. The molecule has 80 valence electrons. The zero-order valence-electron chi connectivity index (χ0n) is 9.16. The summed E-state index contributed by atoms with van der Waals surface area (Å²) in [6.07, 6.45) is 0.00618. The van der Waals surface area contributed by atoms with Crippen LogP contribution in [-0.4, -0.2) is 24.4 Å². The first-order valence-corrected chi connectivity index (χ1v) is 4.85. The summed E-state index contributed by atoms with van der Waals surface area (Å²) in [5.41, 5.74) is 0.872. The van der Waals surface area contributed by atoms with E-state index in [0.29, 0.717) is 13.0 Å². The van der Waals surface area contributed by atoms with Gasteiger partial charge in [-0.15, -0.1) is 0 Å². The highest BCUT2D eigenvalue weighted by atomic mass is 16.7. The normalized spacial score (nSPS) is 21.4. The Bertz CT molecular complexity index is 253. The average Bonchev–Trinajstić information content (AvgIpc) is 2.51. The van der Waals surface area contributed by atoms with Gasteiger partial charge < -0.3 is 9.57 Å². The summed E-state index contributed by atoms with van der Waals surface area (Å²) in [6, 6.07) is 0. The molecule has 1 atom stereocenters. The summed E-state index contributed by atoms with van der Waals surface area (Å²) in [4.78, 5) is 16.3. The fourth-order valence-electron chi connectivity index (χ4n) is 1.18. The number of hydrogen-bond donors (Lipinski definition) is 0. The molecule has 0 N–H and O–H groups in total. The number of oxime groups is 1. The molecule has 1 aliphatic rings. The molecule has 4 heteroatoms. The van der Waals surface area contributed by atoms with Crippen LogP contribution in [0.3, 0.4) is 0 Å². The van der Waals surface area contributed by atoms with Gasteiger partial charge in [0.15, 0.2) is 0 Å². The highest BCUT2D eigenvalue weighted by Gasteiger charge is 2.34. The van der Waals surface area contributed by atoms with Crippen molar-refractivity contribution in [2.24, 2.45) is 10.6 Å². The summed E-state index contributed by atoms with van der Waals surface area (Å²) in [6.45, 7) is 8.29. The first-order chi connectivity index (χ1) is 6.45. The van der Waals surface area contributed by atoms with Crippen molar-refractivity contribution in [3.8, 4) is 0 Å². The van der Waals surface area contributed by atoms with Gasteiger partial charge in [0.2, 0.25) is 6.10 Å². The Labute approximate surface area is 84.3 Å². The average molecular weight is 199 g/mol. The van der Waals surface area contributed by atoms with Crippen LogP contribution < -0.4 is 0 Å². The van der Waals surface area contributed by atoms with Gasteiger partial charge in [0, 0.05) is 11.8 Å². The molecule has 0 amide bonds. The Balaban J connectivity index is 2.50. The van der Waals surface area contributed by atoms with E-state index in [1.165, 1.54) is 0 Å². The van der Waals surface area contributed by atoms with Crippen molar-refractivity contribution >= 4 is 11.7 Å². The van der Waals surface area contributed by atoms with E-state index >= 15 is 0 Å². The molecule has 0 spiro atoms. The van der Waals surface area contributed by atoms with Gasteiger partial charge in [-0.3, -0.25) is 0 Å². The smallest absolute Gasteiger partial charge is 0.350 e. The third-order valence-corrected chi connectivity index (χ3v) is 2.08. The van der Waals surface area contributed by atoms with Crippen molar-refractivity contribution in [3.63, 3.8) is 0 Å². The highest BCUT2D eigenvalue weighted by Crippen LogP contribution is 2.25. The molecule has 0 bridgehead atoms. The lowest BCUT2D eigenvalue weighted by Gasteiger charge is -2.16. The minimum absolute atomic E-state index is 0.0404. The number of rotatable bonds is 2. The zero-order chi connectivity index (χ0) is 10.8. The maximum absolute atomic E-state index is 11.3. The van der Waals surface area contributed by atoms with E-state index in [0.717, 1.165) is 5.71 Å². The number of nitrogens with zero attached hydrogens (tertiary/aromatic N) is 1. The lowest BCUT2D eigenvalue weighted by atomic mass is 9.87. The van der Waals surface area contributed by atoms with Gasteiger partial charge in [-0.1, -0.05) is 25.9 Å². The van der Waals surface area contributed by atoms with Crippen LogP contribution in [0.2, 0.25) is 0 Å². The molecule has 0 saturated carbocycles. The second kappa shape index (κ2) is 3.98. The van der Waals surface area contributed by atoms with E-state index in [9.17, 15) is 4.79 Å². The molecule has 4 nitrogen and oxygen atoms in total. The van der Waals surface area contributed by atoms with E-state index in [-0.39, 0.29) is 11.4 Å². The van der Waals surface area contributed by atoms with Crippen LogP contribution in [-0.2, 0) is 14.4 Å². The molecule has 0 aromatic heterocycles. The molecule has 0 radical (unpaired) electrons. The summed E-state index contributed by atoms with van der Waals surface area (Å²) >= 11 is 0. The van der Waals surface area contributed by atoms with Crippen molar-refractivity contribution in [2.45, 2.75) is 40.2 Å². The molecule has 0 aromatic carbocycles. The van der Waals surface area contributed by atoms with E-state index in [1.807, 2.05) is 20.8 Å². The van der Waals surface area contributed by atoms with Crippen molar-refractivity contribution in [3.05, 3.63) is 0 Å². The molecule has 1 heterocycles. The molecule has 1 aliphatic heterocycles. The molecule has 1 unspecified atom stereocenters. The van der Waals surface area contributed by atoms with Crippen molar-refractivity contribution in [1.82, 2.24) is 0 Å². The van der Waals surface area contributed by atoms with Crippen LogP contribution in [0.25, 0.3) is 0 Å². The second-order valence-electron chi connectivity index (χ2n) is 4.34. The van der Waals surface area contributed by atoms with E-state index < -0.39 is 6.10 Å². The van der Waals surface area contributed by atoms with Crippen molar-refractivity contribution in [2.75, 3.05) is 6.61 Å². The molecule has 1 rings (SSSR count).